The van der Waals surface area contributed by atoms with E-state index in [1.807, 2.05) is 0 Å². The molecule has 0 unspecified atom stereocenters. The Balaban J connectivity index is 2.89. The van der Waals surface area contributed by atoms with Gasteiger partial charge in [-0.25, -0.2) is 4.79 Å². The number of rotatable bonds is 1. The van der Waals surface area contributed by atoms with E-state index < -0.39 is 14.2 Å². The van der Waals surface area contributed by atoms with Gasteiger partial charge in [-0.1, -0.05) is 25.6 Å². The van der Waals surface area contributed by atoms with Gasteiger partial charge in [-0.2, -0.15) is 0 Å². The summed E-state index contributed by atoms with van der Waals surface area (Å²) in [4.78, 5) is 14.4. The van der Waals surface area contributed by atoms with Crippen LogP contribution in [0.15, 0.2) is 18.5 Å². The quantitative estimate of drug-likeness (QED) is 0.579. The molecule has 0 spiro atoms. The molecule has 1 aromatic rings. The Morgan fingerprint density at radius 1 is 1.44 bits per heavy atom. The van der Waals surface area contributed by atoms with Crippen molar-refractivity contribution in [3.05, 3.63) is 24.0 Å². The highest BCUT2D eigenvalue weighted by atomic mass is 28.3. The topological polar surface area (TPSA) is 62.2 Å². The fraction of sp³-hybridized carbons (Fsp3) is 0.273. The molecule has 1 aromatic heterocycles. The molecule has 84 valence electrons. The third-order valence-corrected chi connectivity index (χ3v) is 2.45. The summed E-state index contributed by atoms with van der Waals surface area (Å²) in [6.07, 6.45) is 1.98. The van der Waals surface area contributed by atoms with Crippen LogP contribution < -0.4 is 5.32 Å². The van der Waals surface area contributed by atoms with Crippen LogP contribution in [0.1, 0.15) is 5.56 Å². The van der Waals surface area contributed by atoms with Crippen LogP contribution in [0.3, 0.4) is 0 Å². The molecule has 0 saturated heterocycles. The van der Waals surface area contributed by atoms with Gasteiger partial charge in [0.15, 0.2) is 0 Å². The lowest BCUT2D eigenvalue weighted by Gasteiger charge is -2.04. The van der Waals surface area contributed by atoms with E-state index in [0.29, 0.717) is 5.69 Å². The van der Waals surface area contributed by atoms with E-state index in [0.717, 1.165) is 5.56 Å². The molecular formula is C11H14N2O2Si. The van der Waals surface area contributed by atoms with E-state index in [1.165, 1.54) is 6.20 Å². The summed E-state index contributed by atoms with van der Waals surface area (Å²) in [5.41, 5.74) is 4.36. The molecule has 16 heavy (non-hydrogen) atoms. The molecule has 0 atom stereocenters. The number of carbonyl (C=O) groups is 1. The SMILES string of the molecule is C[Si](C)(C)C#Cc1cncc(NC(=O)O)c1. The molecule has 1 amide bonds. The molecule has 5 heteroatoms. The van der Waals surface area contributed by atoms with Gasteiger partial charge < -0.3 is 5.11 Å². The molecule has 4 nitrogen and oxygen atoms in total. The summed E-state index contributed by atoms with van der Waals surface area (Å²) in [6, 6.07) is 1.67. The van der Waals surface area contributed by atoms with Gasteiger partial charge in [-0.05, 0) is 6.07 Å². The minimum absolute atomic E-state index is 0.440. The zero-order valence-electron chi connectivity index (χ0n) is 9.53. The number of pyridine rings is 1. The van der Waals surface area contributed by atoms with Crippen LogP contribution in [-0.2, 0) is 0 Å². The number of carboxylic acid groups (broad SMARTS) is 1. The normalized spacial score (nSPS) is 10.2. The predicted molar refractivity (Wildman–Crippen MR) is 66.1 cm³/mol. The smallest absolute Gasteiger partial charge is 0.409 e. The number of nitrogens with zero attached hydrogens (tertiary/aromatic N) is 1. The number of nitrogens with one attached hydrogen (secondary N) is 1. The Hall–Kier alpha value is -1.80. The second-order valence-electron chi connectivity index (χ2n) is 4.39. The molecule has 0 saturated carbocycles. The molecule has 0 aliphatic heterocycles. The molecule has 0 bridgehead atoms. The molecule has 0 aliphatic rings. The minimum atomic E-state index is -1.42. The van der Waals surface area contributed by atoms with Gasteiger partial charge in [-0.15, -0.1) is 5.54 Å². The van der Waals surface area contributed by atoms with Crippen LogP contribution >= 0.6 is 0 Å². The molecule has 2 N–H and O–H groups in total. The number of hydrogen-bond donors (Lipinski definition) is 2. The first-order chi connectivity index (χ1) is 7.37. The summed E-state index contributed by atoms with van der Waals surface area (Å²) >= 11 is 0. The summed E-state index contributed by atoms with van der Waals surface area (Å²) < 4.78 is 0. The van der Waals surface area contributed by atoms with Gasteiger partial charge in [0.1, 0.15) is 8.07 Å². The van der Waals surface area contributed by atoms with E-state index in [2.05, 4.69) is 41.4 Å². The van der Waals surface area contributed by atoms with Crippen LogP contribution in [0.5, 0.6) is 0 Å². The van der Waals surface area contributed by atoms with Gasteiger partial charge in [0.25, 0.3) is 0 Å². The lowest BCUT2D eigenvalue weighted by Crippen LogP contribution is -2.16. The lowest BCUT2D eigenvalue weighted by atomic mass is 10.3. The van der Waals surface area contributed by atoms with Crippen molar-refractivity contribution in [2.24, 2.45) is 0 Å². The molecule has 1 rings (SSSR count). The molecule has 0 aromatic carbocycles. The summed E-state index contributed by atoms with van der Waals surface area (Å²) in [6.45, 7) is 6.44. The molecule has 0 radical (unpaired) electrons. The van der Waals surface area contributed by atoms with Gasteiger partial charge in [-0.3, -0.25) is 10.3 Å². The van der Waals surface area contributed by atoms with Crippen LogP contribution in [-0.4, -0.2) is 24.3 Å². The Kier molecular flexibility index (Phi) is 3.69. The maximum atomic E-state index is 10.4. The lowest BCUT2D eigenvalue weighted by molar-refractivity contribution is 0.209. The fourth-order valence-corrected chi connectivity index (χ4v) is 1.48. The molecular weight excluding hydrogens is 220 g/mol. The van der Waals surface area contributed by atoms with Gasteiger partial charge in [0.2, 0.25) is 0 Å². The molecule has 0 aliphatic carbocycles. The summed E-state index contributed by atoms with van der Waals surface area (Å²) in [5.74, 6) is 3.01. The first-order valence-electron chi connectivity index (χ1n) is 4.85. The minimum Gasteiger partial charge on any atom is -0.465 e. The average Bonchev–Trinajstić information content (AvgIpc) is 2.13. The van der Waals surface area contributed by atoms with Crippen LogP contribution in [0.2, 0.25) is 19.6 Å². The highest BCUT2D eigenvalue weighted by Gasteiger charge is 2.07. The van der Waals surface area contributed by atoms with E-state index in [1.54, 1.807) is 12.3 Å². The van der Waals surface area contributed by atoms with Crippen molar-refractivity contribution >= 4 is 19.9 Å². The predicted octanol–water partition coefficient (Wildman–Crippen LogP) is 2.40. The Labute approximate surface area is 95.7 Å². The zero-order valence-corrected chi connectivity index (χ0v) is 10.5. The van der Waals surface area contributed by atoms with E-state index in [4.69, 9.17) is 5.11 Å². The van der Waals surface area contributed by atoms with Crippen molar-refractivity contribution in [1.29, 1.82) is 0 Å². The third kappa shape index (κ3) is 4.62. The second kappa shape index (κ2) is 4.81. The Morgan fingerprint density at radius 3 is 2.69 bits per heavy atom. The van der Waals surface area contributed by atoms with Crippen molar-refractivity contribution in [2.45, 2.75) is 19.6 Å². The van der Waals surface area contributed by atoms with Crippen molar-refractivity contribution in [3.8, 4) is 11.5 Å². The average molecular weight is 234 g/mol. The highest BCUT2D eigenvalue weighted by Crippen LogP contribution is 2.07. The van der Waals surface area contributed by atoms with E-state index in [9.17, 15) is 4.79 Å². The van der Waals surface area contributed by atoms with Crippen LogP contribution in [0.4, 0.5) is 10.5 Å². The summed E-state index contributed by atoms with van der Waals surface area (Å²) in [7, 11) is -1.42. The number of anilines is 1. The standard InChI is InChI=1S/C11H14N2O2Si/c1-16(2,3)5-4-9-6-10(8-12-7-9)13-11(14)15/h6-8,13H,1-3H3,(H,14,15). The third-order valence-electron chi connectivity index (χ3n) is 1.57. The van der Waals surface area contributed by atoms with Crippen LogP contribution in [0.25, 0.3) is 0 Å². The Morgan fingerprint density at radius 2 is 2.12 bits per heavy atom. The van der Waals surface area contributed by atoms with Gasteiger partial charge in [0, 0.05) is 11.8 Å². The fourth-order valence-electron chi connectivity index (χ4n) is 0.960. The monoisotopic (exact) mass is 234 g/mol. The van der Waals surface area contributed by atoms with Crippen molar-refractivity contribution in [1.82, 2.24) is 4.98 Å². The zero-order chi connectivity index (χ0) is 12.2. The maximum absolute atomic E-state index is 10.4. The van der Waals surface area contributed by atoms with Gasteiger partial charge >= 0.3 is 6.09 Å². The van der Waals surface area contributed by atoms with Crippen molar-refractivity contribution in [3.63, 3.8) is 0 Å². The van der Waals surface area contributed by atoms with E-state index >= 15 is 0 Å². The molecule has 0 fully saturated rings. The first-order valence-corrected chi connectivity index (χ1v) is 8.35. The van der Waals surface area contributed by atoms with Crippen LogP contribution in [0, 0.1) is 11.5 Å². The molecule has 1 heterocycles. The second-order valence-corrected chi connectivity index (χ2v) is 9.14. The Bertz CT molecular complexity index is 455. The van der Waals surface area contributed by atoms with E-state index in [-0.39, 0.29) is 0 Å². The first kappa shape index (κ1) is 12.3. The van der Waals surface area contributed by atoms with Crippen molar-refractivity contribution in [2.75, 3.05) is 5.32 Å². The summed E-state index contributed by atoms with van der Waals surface area (Å²) in [5, 5.41) is 10.8. The number of amides is 1. The largest absolute Gasteiger partial charge is 0.465 e. The number of hydrogen-bond acceptors (Lipinski definition) is 2. The van der Waals surface area contributed by atoms with Gasteiger partial charge in [0.05, 0.1) is 11.9 Å². The maximum Gasteiger partial charge on any atom is 0.409 e. The van der Waals surface area contributed by atoms with Crippen molar-refractivity contribution < 1.29 is 9.90 Å². The highest BCUT2D eigenvalue weighted by molar-refractivity contribution is 6.83. The number of aromatic nitrogens is 1.